The lowest BCUT2D eigenvalue weighted by Gasteiger charge is -2.18. The highest BCUT2D eigenvalue weighted by atomic mass is 31.1. The summed E-state index contributed by atoms with van der Waals surface area (Å²) in [4.78, 5) is 11.2. The van der Waals surface area contributed by atoms with Gasteiger partial charge in [0.25, 0.3) is 0 Å². The molecule has 1 saturated carbocycles. The van der Waals surface area contributed by atoms with Crippen LogP contribution >= 0.6 is 8.03 Å². The van der Waals surface area contributed by atoms with Gasteiger partial charge in [-0.25, -0.2) is 0 Å². The predicted octanol–water partition coefficient (Wildman–Crippen LogP) is 2.98. The second kappa shape index (κ2) is 5.07. The van der Waals surface area contributed by atoms with Crippen LogP contribution < -0.4 is 4.89 Å². The first kappa shape index (κ1) is 11.1. The molecule has 0 radical (unpaired) electrons. The van der Waals surface area contributed by atoms with Crippen molar-refractivity contribution in [2.45, 2.75) is 63.4 Å². The molecule has 0 amide bonds. The molecule has 1 aliphatic rings. The third-order valence-electron chi connectivity index (χ3n) is 3.17. The van der Waals surface area contributed by atoms with Crippen molar-refractivity contribution in [3.05, 3.63) is 0 Å². The molecular weight excluding hydrogens is 183 g/mol. The van der Waals surface area contributed by atoms with Crippen LogP contribution in [0.2, 0.25) is 0 Å². The molecule has 1 fully saturated rings. The molecule has 0 aliphatic heterocycles. The van der Waals surface area contributed by atoms with Gasteiger partial charge in [0.05, 0.1) is 0 Å². The van der Waals surface area contributed by atoms with E-state index in [1.165, 1.54) is 12.8 Å². The predicted molar refractivity (Wildman–Crippen MR) is 52.9 cm³/mol. The van der Waals surface area contributed by atoms with Gasteiger partial charge in [-0.1, -0.05) is 24.3 Å². The quantitative estimate of drug-likeness (QED) is 0.508. The van der Waals surface area contributed by atoms with Crippen LogP contribution in [0, 0.1) is 0 Å². The maximum atomic E-state index is 11.2. The van der Waals surface area contributed by atoms with Crippen molar-refractivity contribution in [2.24, 2.45) is 0 Å². The van der Waals surface area contributed by atoms with E-state index in [1.807, 2.05) is 0 Å². The zero-order chi connectivity index (χ0) is 9.73. The zero-order valence-corrected chi connectivity index (χ0v) is 9.31. The molecule has 0 spiro atoms. The molecule has 0 bridgehead atoms. The third kappa shape index (κ3) is 2.75. The Bertz CT molecular complexity index is 174. The van der Waals surface area contributed by atoms with Gasteiger partial charge in [0, 0.05) is 0 Å². The largest absolute Gasteiger partial charge is 0.595 e. The summed E-state index contributed by atoms with van der Waals surface area (Å²) < 4.78 is 11.2. The average Bonchev–Trinajstić information content (AvgIpc) is 2.55. The Morgan fingerprint density at radius 3 is 2.38 bits per heavy atom. The molecule has 76 valence electrons. The maximum Gasteiger partial charge on any atom is 0.315 e. The lowest BCUT2D eigenvalue weighted by molar-refractivity contribution is -0.170. The molecule has 13 heavy (non-hydrogen) atoms. The zero-order valence-electron chi connectivity index (χ0n) is 8.42. The first-order chi connectivity index (χ1) is 6.21. The second-order valence-corrected chi connectivity index (χ2v) is 5.61. The van der Waals surface area contributed by atoms with E-state index in [4.69, 9.17) is 0 Å². The van der Waals surface area contributed by atoms with Gasteiger partial charge in [0.1, 0.15) is 0 Å². The molecule has 0 aromatic heterocycles. The summed E-state index contributed by atoms with van der Waals surface area (Å²) >= 11 is 0. The minimum absolute atomic E-state index is 0.301. The summed E-state index contributed by atoms with van der Waals surface area (Å²) in [6.45, 7) is 2.15. The van der Waals surface area contributed by atoms with Gasteiger partial charge in [-0.2, -0.15) is 0 Å². The third-order valence-corrected chi connectivity index (χ3v) is 4.61. The van der Waals surface area contributed by atoms with Crippen molar-refractivity contribution in [3.8, 4) is 0 Å². The van der Waals surface area contributed by atoms with Crippen molar-refractivity contribution in [2.75, 3.05) is 0 Å². The number of rotatable bonds is 5. The monoisotopic (exact) mass is 202 g/mol. The van der Waals surface area contributed by atoms with E-state index >= 15 is 0 Å². The van der Waals surface area contributed by atoms with E-state index < -0.39 is 8.03 Å². The average molecular weight is 202 g/mol. The lowest BCUT2D eigenvalue weighted by Crippen LogP contribution is -2.23. The van der Waals surface area contributed by atoms with E-state index in [2.05, 4.69) is 6.92 Å². The van der Waals surface area contributed by atoms with Crippen molar-refractivity contribution < 1.29 is 9.46 Å². The van der Waals surface area contributed by atoms with Crippen molar-refractivity contribution in [3.63, 3.8) is 0 Å². The summed E-state index contributed by atoms with van der Waals surface area (Å²) in [5.74, 6) is 0. The van der Waals surface area contributed by atoms with Gasteiger partial charge in [0.15, 0.2) is 5.16 Å². The fourth-order valence-corrected chi connectivity index (χ4v) is 3.28. The standard InChI is InChI=1S/C10H19O2P/c1-2-3-4-7-10(13(11)12)8-5-6-9-10/h2-9H2,1H3. The summed E-state index contributed by atoms with van der Waals surface area (Å²) in [5, 5.41) is -0.301. The van der Waals surface area contributed by atoms with Crippen LogP contribution in [-0.4, -0.2) is 5.16 Å². The minimum atomic E-state index is -2.20. The highest BCUT2D eigenvalue weighted by Gasteiger charge is 2.44. The van der Waals surface area contributed by atoms with E-state index in [0.717, 1.165) is 38.5 Å². The molecular formula is C10H19O2P. The summed E-state index contributed by atoms with van der Waals surface area (Å²) in [6, 6.07) is 0. The highest BCUT2D eigenvalue weighted by molar-refractivity contribution is 7.38. The van der Waals surface area contributed by atoms with E-state index in [0.29, 0.717) is 0 Å². The van der Waals surface area contributed by atoms with E-state index in [1.54, 1.807) is 0 Å². The topological polar surface area (TPSA) is 40.1 Å². The molecule has 0 saturated heterocycles. The Labute approximate surface area is 81.6 Å². The van der Waals surface area contributed by atoms with E-state index in [-0.39, 0.29) is 5.16 Å². The Balaban J connectivity index is 2.43. The molecule has 1 rings (SSSR count). The fraction of sp³-hybridized carbons (Fsp3) is 1.00. The van der Waals surface area contributed by atoms with Gasteiger partial charge in [-0.3, -0.25) is 0 Å². The normalized spacial score (nSPS) is 21.8. The van der Waals surface area contributed by atoms with Gasteiger partial charge in [0.2, 0.25) is 0 Å². The van der Waals surface area contributed by atoms with Gasteiger partial charge in [-0.15, -0.1) is 0 Å². The Morgan fingerprint density at radius 2 is 1.92 bits per heavy atom. The fourth-order valence-electron chi connectivity index (χ4n) is 2.26. The molecule has 1 atom stereocenters. The van der Waals surface area contributed by atoms with Crippen LogP contribution in [0.1, 0.15) is 58.3 Å². The van der Waals surface area contributed by atoms with Gasteiger partial charge < -0.3 is 4.89 Å². The molecule has 3 heteroatoms. The summed E-state index contributed by atoms with van der Waals surface area (Å²) in [6.07, 6.45) is 8.37. The smallest absolute Gasteiger partial charge is 0.315 e. The van der Waals surface area contributed by atoms with Gasteiger partial charge >= 0.3 is 8.03 Å². The Morgan fingerprint density at radius 1 is 1.31 bits per heavy atom. The molecule has 0 heterocycles. The van der Waals surface area contributed by atoms with Crippen LogP contribution in [0.4, 0.5) is 0 Å². The molecule has 2 nitrogen and oxygen atoms in total. The van der Waals surface area contributed by atoms with Crippen molar-refractivity contribution in [1.82, 2.24) is 0 Å². The number of hydrogen-bond donors (Lipinski definition) is 0. The van der Waals surface area contributed by atoms with Crippen LogP contribution in [-0.2, 0) is 4.57 Å². The molecule has 0 N–H and O–H groups in total. The SMILES string of the molecule is CCCCCC1([P+](=O)[O-])CCCC1. The van der Waals surface area contributed by atoms with Crippen molar-refractivity contribution in [1.29, 1.82) is 0 Å². The summed E-state index contributed by atoms with van der Waals surface area (Å²) in [7, 11) is -2.20. The summed E-state index contributed by atoms with van der Waals surface area (Å²) in [5.41, 5.74) is 0. The first-order valence-corrected chi connectivity index (χ1v) is 6.53. The molecule has 0 aromatic carbocycles. The van der Waals surface area contributed by atoms with Crippen molar-refractivity contribution >= 4 is 8.03 Å². The Kier molecular flexibility index (Phi) is 4.34. The van der Waals surface area contributed by atoms with Crippen LogP contribution in [0.25, 0.3) is 0 Å². The number of unbranched alkanes of at least 4 members (excludes halogenated alkanes) is 2. The van der Waals surface area contributed by atoms with E-state index in [9.17, 15) is 9.46 Å². The van der Waals surface area contributed by atoms with Crippen LogP contribution in [0.3, 0.4) is 0 Å². The first-order valence-electron chi connectivity index (χ1n) is 5.36. The second-order valence-electron chi connectivity index (χ2n) is 4.15. The molecule has 1 unspecified atom stereocenters. The van der Waals surface area contributed by atoms with Gasteiger partial charge in [-0.05, 0) is 38.5 Å². The maximum absolute atomic E-state index is 11.2. The lowest BCUT2D eigenvalue weighted by atomic mass is 9.99. The number of hydrogen-bond acceptors (Lipinski definition) is 2. The highest BCUT2D eigenvalue weighted by Crippen LogP contribution is 2.49. The minimum Gasteiger partial charge on any atom is -0.595 e. The molecule has 0 aromatic rings. The van der Waals surface area contributed by atoms with Crippen LogP contribution in [0.15, 0.2) is 0 Å². The molecule has 1 aliphatic carbocycles. The Hall–Kier alpha value is 0.0600. The van der Waals surface area contributed by atoms with Crippen LogP contribution in [0.5, 0.6) is 0 Å².